The first-order valence-electron chi connectivity index (χ1n) is 6.68. The van der Waals surface area contributed by atoms with Gasteiger partial charge in [-0.25, -0.2) is 0 Å². The van der Waals surface area contributed by atoms with Gasteiger partial charge in [0.2, 0.25) is 0 Å². The van der Waals surface area contributed by atoms with Gasteiger partial charge in [0.15, 0.2) is 0 Å². The van der Waals surface area contributed by atoms with Crippen molar-refractivity contribution >= 4 is 0 Å². The first-order valence-corrected chi connectivity index (χ1v) is 6.68. The molecule has 1 aliphatic rings. The fraction of sp³-hybridized carbons (Fsp3) is 0.857. The quantitative estimate of drug-likeness (QED) is 0.548. The van der Waals surface area contributed by atoms with Gasteiger partial charge in [-0.2, -0.15) is 0 Å². The molecule has 0 aromatic carbocycles. The van der Waals surface area contributed by atoms with Crippen LogP contribution in [-0.2, 0) is 0 Å². The molecule has 0 bridgehead atoms. The maximum Gasteiger partial charge on any atom is 0.00939 e. The third-order valence-corrected chi connectivity index (χ3v) is 3.52. The van der Waals surface area contributed by atoms with E-state index in [1.807, 2.05) is 0 Å². The van der Waals surface area contributed by atoms with Gasteiger partial charge in [-0.15, -0.1) is 12.3 Å². The van der Waals surface area contributed by atoms with Gasteiger partial charge >= 0.3 is 0 Å². The summed E-state index contributed by atoms with van der Waals surface area (Å²) in [6.45, 7) is 8.11. The molecule has 0 radical (unpaired) electrons. The molecule has 1 rings (SSSR count). The molecule has 1 heterocycles. The largest absolute Gasteiger partial charge is 0.314 e. The van der Waals surface area contributed by atoms with Gasteiger partial charge in [0.05, 0.1) is 0 Å². The van der Waals surface area contributed by atoms with Crippen molar-refractivity contribution in [3.8, 4) is 12.3 Å². The Kier molecular flexibility index (Phi) is 6.52. The highest BCUT2D eigenvalue weighted by molar-refractivity contribution is 4.85. The van der Waals surface area contributed by atoms with Crippen LogP contribution in [-0.4, -0.2) is 36.6 Å². The molecule has 0 aromatic heterocycles. The maximum absolute atomic E-state index is 5.25. The molecule has 1 fully saturated rings. The van der Waals surface area contributed by atoms with E-state index in [1.165, 1.54) is 38.8 Å². The second-order valence-corrected chi connectivity index (χ2v) is 4.83. The molecule has 2 atom stereocenters. The number of hydrogen-bond acceptors (Lipinski definition) is 2. The second-order valence-electron chi connectivity index (χ2n) is 4.83. The predicted molar refractivity (Wildman–Crippen MR) is 70.4 cm³/mol. The monoisotopic (exact) mass is 222 g/mol. The lowest BCUT2D eigenvalue weighted by Crippen LogP contribution is -2.47. The van der Waals surface area contributed by atoms with E-state index in [0.717, 1.165) is 25.0 Å². The van der Waals surface area contributed by atoms with Gasteiger partial charge in [-0.05, 0) is 52.2 Å². The zero-order valence-corrected chi connectivity index (χ0v) is 10.8. The van der Waals surface area contributed by atoms with Gasteiger partial charge in [0.25, 0.3) is 0 Å². The van der Waals surface area contributed by atoms with E-state index in [2.05, 4.69) is 30.0 Å². The summed E-state index contributed by atoms with van der Waals surface area (Å²) in [5, 5.41) is 3.56. The summed E-state index contributed by atoms with van der Waals surface area (Å²) < 4.78 is 0. The molecule has 16 heavy (non-hydrogen) atoms. The van der Waals surface area contributed by atoms with E-state index in [-0.39, 0.29) is 0 Å². The number of nitrogens with zero attached hydrogens (tertiary/aromatic N) is 1. The Labute approximate surface area is 101 Å². The van der Waals surface area contributed by atoms with Gasteiger partial charge in [-0.1, -0.05) is 6.92 Å². The number of rotatable bonds is 6. The molecule has 92 valence electrons. The summed E-state index contributed by atoms with van der Waals surface area (Å²) in [6, 6.07) is 1.46. The topological polar surface area (TPSA) is 15.3 Å². The number of nitrogens with one attached hydrogen (secondary N) is 1. The third-order valence-electron chi connectivity index (χ3n) is 3.52. The molecule has 0 spiro atoms. The molecule has 0 aromatic rings. The average molecular weight is 222 g/mol. The van der Waals surface area contributed by atoms with Gasteiger partial charge in [0, 0.05) is 18.5 Å². The van der Waals surface area contributed by atoms with Crippen molar-refractivity contribution < 1.29 is 0 Å². The molecule has 1 saturated heterocycles. The summed E-state index contributed by atoms with van der Waals surface area (Å²) in [6.07, 6.45) is 11.2. The van der Waals surface area contributed by atoms with E-state index in [4.69, 9.17) is 6.42 Å². The Morgan fingerprint density at radius 1 is 1.44 bits per heavy atom. The molecule has 2 heteroatoms. The SMILES string of the molecule is C#CCCCCN1CCC(NCC)CC1C. The number of terminal acetylenes is 1. The Morgan fingerprint density at radius 2 is 2.25 bits per heavy atom. The zero-order chi connectivity index (χ0) is 11.8. The van der Waals surface area contributed by atoms with Crippen LogP contribution in [0.1, 0.15) is 46.0 Å². The number of likely N-dealkylation sites (tertiary alicyclic amines) is 1. The Bertz CT molecular complexity index is 219. The van der Waals surface area contributed by atoms with Crippen LogP contribution in [0.3, 0.4) is 0 Å². The zero-order valence-electron chi connectivity index (χ0n) is 10.8. The van der Waals surface area contributed by atoms with Crippen molar-refractivity contribution in [2.24, 2.45) is 0 Å². The smallest absolute Gasteiger partial charge is 0.00939 e. The first-order chi connectivity index (χ1) is 7.77. The van der Waals surface area contributed by atoms with E-state index in [9.17, 15) is 0 Å². The fourth-order valence-corrected chi connectivity index (χ4v) is 2.57. The predicted octanol–water partition coefficient (Wildman–Crippen LogP) is 2.25. The van der Waals surface area contributed by atoms with Crippen LogP contribution in [0, 0.1) is 12.3 Å². The lowest BCUT2D eigenvalue weighted by molar-refractivity contribution is 0.135. The molecular weight excluding hydrogens is 196 g/mol. The Hall–Kier alpha value is -0.520. The lowest BCUT2D eigenvalue weighted by Gasteiger charge is -2.38. The van der Waals surface area contributed by atoms with Gasteiger partial charge in [0.1, 0.15) is 0 Å². The van der Waals surface area contributed by atoms with Crippen LogP contribution in [0.25, 0.3) is 0 Å². The van der Waals surface area contributed by atoms with Crippen LogP contribution in [0.4, 0.5) is 0 Å². The van der Waals surface area contributed by atoms with Crippen molar-refractivity contribution in [2.45, 2.75) is 58.0 Å². The van der Waals surface area contributed by atoms with Crippen molar-refractivity contribution in [1.82, 2.24) is 10.2 Å². The minimum Gasteiger partial charge on any atom is -0.314 e. The lowest BCUT2D eigenvalue weighted by atomic mass is 9.98. The van der Waals surface area contributed by atoms with Crippen LogP contribution in [0.5, 0.6) is 0 Å². The van der Waals surface area contributed by atoms with Crippen LogP contribution in [0.2, 0.25) is 0 Å². The highest BCUT2D eigenvalue weighted by Crippen LogP contribution is 2.17. The van der Waals surface area contributed by atoms with Crippen LogP contribution < -0.4 is 5.32 Å². The molecule has 1 aliphatic heterocycles. The summed E-state index contributed by atoms with van der Waals surface area (Å²) in [4.78, 5) is 2.62. The number of hydrogen-bond donors (Lipinski definition) is 1. The molecule has 0 amide bonds. The normalized spacial score (nSPS) is 26.6. The summed E-state index contributed by atoms with van der Waals surface area (Å²) >= 11 is 0. The molecule has 0 saturated carbocycles. The summed E-state index contributed by atoms with van der Waals surface area (Å²) in [5.74, 6) is 2.71. The average Bonchev–Trinajstić information content (AvgIpc) is 2.27. The molecule has 0 aliphatic carbocycles. The third kappa shape index (κ3) is 4.55. The first kappa shape index (κ1) is 13.5. The van der Waals surface area contributed by atoms with E-state index in [1.54, 1.807) is 0 Å². The van der Waals surface area contributed by atoms with Crippen LogP contribution >= 0.6 is 0 Å². The number of unbranched alkanes of at least 4 members (excludes halogenated alkanes) is 2. The highest BCUT2D eigenvalue weighted by atomic mass is 15.2. The Morgan fingerprint density at radius 3 is 2.88 bits per heavy atom. The van der Waals surface area contributed by atoms with E-state index in [0.29, 0.717) is 0 Å². The maximum atomic E-state index is 5.25. The number of piperidine rings is 1. The molecular formula is C14H26N2. The van der Waals surface area contributed by atoms with E-state index < -0.39 is 0 Å². The minimum absolute atomic E-state index is 0.726. The van der Waals surface area contributed by atoms with Crippen molar-refractivity contribution in [3.63, 3.8) is 0 Å². The summed E-state index contributed by atoms with van der Waals surface area (Å²) in [7, 11) is 0. The minimum atomic E-state index is 0.726. The Balaban J connectivity index is 2.17. The van der Waals surface area contributed by atoms with Gasteiger partial charge < -0.3 is 10.2 Å². The van der Waals surface area contributed by atoms with Crippen LogP contribution in [0.15, 0.2) is 0 Å². The fourth-order valence-electron chi connectivity index (χ4n) is 2.57. The van der Waals surface area contributed by atoms with Crippen molar-refractivity contribution in [3.05, 3.63) is 0 Å². The standard InChI is InChI=1S/C14H26N2/c1-4-6-7-8-10-16-11-9-14(15-5-2)12-13(16)3/h1,13-15H,5-12H2,2-3H3. The highest BCUT2D eigenvalue weighted by Gasteiger charge is 2.23. The van der Waals surface area contributed by atoms with Gasteiger partial charge in [-0.3, -0.25) is 0 Å². The van der Waals surface area contributed by atoms with E-state index >= 15 is 0 Å². The molecule has 2 nitrogen and oxygen atoms in total. The molecule has 2 unspecified atom stereocenters. The van der Waals surface area contributed by atoms with Crippen molar-refractivity contribution in [1.29, 1.82) is 0 Å². The van der Waals surface area contributed by atoms with Crippen molar-refractivity contribution in [2.75, 3.05) is 19.6 Å². The second kappa shape index (κ2) is 7.70. The summed E-state index contributed by atoms with van der Waals surface area (Å²) in [5.41, 5.74) is 0. The molecule has 1 N–H and O–H groups in total.